The van der Waals surface area contributed by atoms with Crippen molar-refractivity contribution in [1.82, 2.24) is 20.5 Å². The maximum absolute atomic E-state index is 11.9. The number of anilines is 2. The van der Waals surface area contributed by atoms with Gasteiger partial charge in [0.2, 0.25) is 17.0 Å². The van der Waals surface area contributed by atoms with E-state index >= 15 is 0 Å². The average molecular weight is 320 g/mol. The largest absolute Gasteiger partial charge is 0.368 e. The Kier molecular flexibility index (Phi) is 5.37. The second-order valence-electron chi connectivity index (χ2n) is 4.28. The predicted octanol–water partition coefficient (Wildman–Crippen LogP) is 0.867. The van der Waals surface area contributed by atoms with Crippen LogP contribution in [0, 0.1) is 0 Å². The lowest BCUT2D eigenvalue weighted by Gasteiger charge is -2.07. The molecule has 0 aliphatic heterocycles. The number of carbonyl (C=O) groups is 2. The number of hydrogen-bond donors (Lipinski definition) is 4. The van der Waals surface area contributed by atoms with Gasteiger partial charge in [0.15, 0.2) is 0 Å². The van der Waals surface area contributed by atoms with Gasteiger partial charge in [0.1, 0.15) is 0 Å². The Morgan fingerprint density at radius 3 is 2.91 bits per heavy atom. The van der Waals surface area contributed by atoms with E-state index < -0.39 is 0 Å². The molecule has 0 atom stereocenters. The molecular formula is C13H16N6O2S. The Balaban J connectivity index is 1.91. The minimum atomic E-state index is -0.221. The van der Waals surface area contributed by atoms with Crippen LogP contribution in [0.3, 0.4) is 0 Å². The van der Waals surface area contributed by atoms with Gasteiger partial charge in [0, 0.05) is 17.8 Å². The van der Waals surface area contributed by atoms with E-state index in [9.17, 15) is 9.59 Å². The van der Waals surface area contributed by atoms with Crippen molar-refractivity contribution in [3.63, 3.8) is 0 Å². The highest BCUT2D eigenvalue weighted by molar-refractivity contribution is 7.99. The molecule has 9 heteroatoms. The zero-order valence-electron chi connectivity index (χ0n) is 11.9. The van der Waals surface area contributed by atoms with Crippen LogP contribution in [0.4, 0.5) is 11.6 Å². The molecule has 2 amide bonds. The number of aromatic nitrogens is 3. The molecule has 0 spiro atoms. The van der Waals surface area contributed by atoms with Crippen LogP contribution < -0.4 is 16.4 Å². The highest BCUT2D eigenvalue weighted by Crippen LogP contribution is 2.15. The van der Waals surface area contributed by atoms with Crippen molar-refractivity contribution in [2.24, 2.45) is 0 Å². The molecule has 2 rings (SSSR count). The van der Waals surface area contributed by atoms with Crippen LogP contribution >= 0.6 is 11.8 Å². The Morgan fingerprint density at radius 1 is 1.41 bits per heavy atom. The third-order valence-electron chi connectivity index (χ3n) is 2.56. The first-order valence-corrected chi connectivity index (χ1v) is 7.56. The van der Waals surface area contributed by atoms with Crippen molar-refractivity contribution in [3.8, 4) is 0 Å². The van der Waals surface area contributed by atoms with E-state index in [1.54, 1.807) is 24.3 Å². The molecule has 0 fully saturated rings. The number of nitrogen functional groups attached to an aromatic ring is 1. The number of H-pyrrole nitrogens is 1. The molecule has 0 bridgehead atoms. The summed E-state index contributed by atoms with van der Waals surface area (Å²) in [5.74, 6) is -0.0500. The van der Waals surface area contributed by atoms with Gasteiger partial charge in [-0.15, -0.1) is 5.10 Å². The highest BCUT2D eigenvalue weighted by Gasteiger charge is 2.09. The lowest BCUT2D eigenvalue weighted by Crippen LogP contribution is -2.23. The van der Waals surface area contributed by atoms with E-state index in [2.05, 4.69) is 25.8 Å². The summed E-state index contributed by atoms with van der Waals surface area (Å²) in [5, 5.41) is 12.1. The number of hydrogen-bond acceptors (Lipinski definition) is 6. The first-order valence-electron chi connectivity index (χ1n) is 6.57. The first-order chi connectivity index (χ1) is 10.6. The molecule has 0 saturated carbocycles. The van der Waals surface area contributed by atoms with E-state index in [1.165, 1.54) is 0 Å². The zero-order chi connectivity index (χ0) is 15.9. The highest BCUT2D eigenvalue weighted by atomic mass is 32.2. The average Bonchev–Trinajstić information content (AvgIpc) is 2.91. The minimum absolute atomic E-state index is 0.142. The summed E-state index contributed by atoms with van der Waals surface area (Å²) in [7, 11) is 0. The van der Waals surface area contributed by atoms with Crippen LogP contribution in [0.25, 0.3) is 0 Å². The molecule has 8 nitrogen and oxygen atoms in total. The fourth-order valence-electron chi connectivity index (χ4n) is 1.65. The third kappa shape index (κ3) is 4.48. The standard InChI is InChI=1S/C13H16N6O2S/c1-2-15-11(21)8-4-3-5-9(6-8)16-10(20)7-22-13-17-12(14)18-19-13/h3-6H,2,7H2,1H3,(H,15,21)(H,16,20)(H3,14,17,18,19). The second-order valence-corrected chi connectivity index (χ2v) is 5.22. The molecular weight excluding hydrogens is 304 g/mol. The SMILES string of the molecule is CCNC(=O)c1cccc(NC(=O)CSc2n[nH]c(N)n2)c1. The Labute approximate surface area is 131 Å². The summed E-state index contributed by atoms with van der Waals surface area (Å²) in [5.41, 5.74) is 6.45. The maximum atomic E-state index is 11.9. The summed E-state index contributed by atoms with van der Waals surface area (Å²) in [6.45, 7) is 2.39. The number of rotatable bonds is 6. The maximum Gasteiger partial charge on any atom is 0.251 e. The molecule has 5 N–H and O–H groups in total. The Hall–Kier alpha value is -2.55. The van der Waals surface area contributed by atoms with Gasteiger partial charge in [-0.05, 0) is 25.1 Å². The van der Waals surface area contributed by atoms with Gasteiger partial charge in [0.25, 0.3) is 5.91 Å². The van der Waals surface area contributed by atoms with Crippen molar-refractivity contribution in [2.45, 2.75) is 12.1 Å². The number of thioether (sulfide) groups is 1. The fraction of sp³-hybridized carbons (Fsp3) is 0.231. The molecule has 0 aliphatic carbocycles. The topological polar surface area (TPSA) is 126 Å². The summed E-state index contributed by atoms with van der Waals surface area (Å²) in [6, 6.07) is 6.74. The van der Waals surface area contributed by atoms with E-state index in [0.29, 0.717) is 23.0 Å². The molecule has 1 aromatic carbocycles. The van der Waals surface area contributed by atoms with Crippen molar-refractivity contribution in [1.29, 1.82) is 0 Å². The zero-order valence-corrected chi connectivity index (χ0v) is 12.7. The van der Waals surface area contributed by atoms with Crippen LogP contribution in [0.1, 0.15) is 17.3 Å². The smallest absolute Gasteiger partial charge is 0.251 e. The van der Waals surface area contributed by atoms with Crippen molar-refractivity contribution < 1.29 is 9.59 Å². The van der Waals surface area contributed by atoms with Gasteiger partial charge in [-0.2, -0.15) is 4.98 Å². The summed E-state index contributed by atoms with van der Waals surface area (Å²) in [4.78, 5) is 27.5. The van der Waals surface area contributed by atoms with Crippen LogP contribution in [0.2, 0.25) is 0 Å². The number of benzene rings is 1. The Bertz CT molecular complexity index is 672. The van der Waals surface area contributed by atoms with E-state index in [4.69, 9.17) is 5.73 Å². The molecule has 22 heavy (non-hydrogen) atoms. The first kappa shape index (κ1) is 15.8. The van der Waals surface area contributed by atoms with Crippen molar-refractivity contribution in [3.05, 3.63) is 29.8 Å². The minimum Gasteiger partial charge on any atom is -0.368 e. The lowest BCUT2D eigenvalue weighted by molar-refractivity contribution is -0.113. The number of amides is 2. The third-order valence-corrected chi connectivity index (χ3v) is 3.41. The van der Waals surface area contributed by atoms with E-state index in [1.807, 2.05) is 6.92 Å². The monoisotopic (exact) mass is 320 g/mol. The van der Waals surface area contributed by atoms with Gasteiger partial charge < -0.3 is 16.4 Å². The molecule has 0 saturated heterocycles. The van der Waals surface area contributed by atoms with E-state index in [-0.39, 0.29) is 23.5 Å². The molecule has 0 radical (unpaired) electrons. The number of carbonyl (C=O) groups excluding carboxylic acids is 2. The van der Waals surface area contributed by atoms with Gasteiger partial charge in [-0.3, -0.25) is 9.59 Å². The molecule has 2 aromatic rings. The number of nitrogens with two attached hydrogens (primary N) is 1. The molecule has 116 valence electrons. The Morgan fingerprint density at radius 2 is 2.23 bits per heavy atom. The van der Waals surface area contributed by atoms with Crippen LogP contribution in [0.15, 0.2) is 29.4 Å². The van der Waals surface area contributed by atoms with Gasteiger partial charge in [-0.25, -0.2) is 5.10 Å². The predicted molar refractivity (Wildman–Crippen MR) is 84.6 cm³/mol. The number of aromatic amines is 1. The summed E-state index contributed by atoms with van der Waals surface area (Å²) >= 11 is 1.16. The normalized spacial score (nSPS) is 10.2. The van der Waals surface area contributed by atoms with Crippen LogP contribution in [0.5, 0.6) is 0 Å². The summed E-state index contributed by atoms with van der Waals surface area (Å²) in [6.07, 6.45) is 0. The van der Waals surface area contributed by atoms with Gasteiger partial charge in [0.05, 0.1) is 5.75 Å². The lowest BCUT2D eigenvalue weighted by atomic mass is 10.2. The molecule has 1 aromatic heterocycles. The molecule has 0 aliphatic rings. The second kappa shape index (κ2) is 7.46. The molecule has 0 unspecified atom stereocenters. The van der Waals surface area contributed by atoms with Gasteiger partial charge >= 0.3 is 0 Å². The van der Waals surface area contributed by atoms with Crippen LogP contribution in [-0.2, 0) is 4.79 Å². The number of nitrogens with one attached hydrogen (secondary N) is 3. The molecule has 1 heterocycles. The quantitative estimate of drug-likeness (QED) is 0.585. The van der Waals surface area contributed by atoms with E-state index in [0.717, 1.165) is 11.8 Å². The van der Waals surface area contributed by atoms with Crippen LogP contribution in [-0.4, -0.2) is 39.3 Å². The number of nitrogens with zero attached hydrogens (tertiary/aromatic N) is 2. The fourth-order valence-corrected chi connectivity index (χ4v) is 2.26. The van der Waals surface area contributed by atoms with Crippen molar-refractivity contribution in [2.75, 3.05) is 23.3 Å². The summed E-state index contributed by atoms with van der Waals surface area (Å²) < 4.78 is 0. The van der Waals surface area contributed by atoms with Crippen molar-refractivity contribution >= 4 is 35.2 Å². The van der Waals surface area contributed by atoms with Gasteiger partial charge in [-0.1, -0.05) is 17.8 Å².